The Hall–Kier alpha value is -2.82. The Morgan fingerprint density at radius 1 is 1.19 bits per heavy atom. The van der Waals surface area contributed by atoms with E-state index < -0.39 is 11.6 Å². The number of ether oxygens (including phenoxy) is 2. The Bertz CT molecular complexity index is 872. The van der Waals surface area contributed by atoms with Gasteiger partial charge in [-0.1, -0.05) is 30.3 Å². The van der Waals surface area contributed by atoms with E-state index in [0.29, 0.717) is 17.9 Å². The van der Waals surface area contributed by atoms with Gasteiger partial charge < -0.3 is 14.8 Å². The zero-order chi connectivity index (χ0) is 19.0. The molecule has 0 aromatic heterocycles. The summed E-state index contributed by atoms with van der Waals surface area (Å²) in [5, 5.41) is 3.14. The minimum Gasteiger partial charge on any atom is -0.497 e. The highest BCUT2D eigenvalue weighted by Crippen LogP contribution is 2.42. The van der Waals surface area contributed by atoms with Crippen molar-refractivity contribution in [2.45, 2.75) is 37.8 Å². The van der Waals surface area contributed by atoms with E-state index in [-0.39, 0.29) is 11.9 Å². The molecular formula is C22H23NO4. The molecule has 140 valence electrons. The number of amides is 1. The Balaban J connectivity index is 1.55. The van der Waals surface area contributed by atoms with Crippen LogP contribution in [0, 0.1) is 5.92 Å². The van der Waals surface area contributed by atoms with Crippen LogP contribution in [0.2, 0.25) is 0 Å². The van der Waals surface area contributed by atoms with Gasteiger partial charge in [0.25, 0.3) is 5.91 Å². The zero-order valence-electron chi connectivity index (χ0n) is 15.5. The third kappa shape index (κ3) is 3.42. The molecular weight excluding hydrogens is 342 g/mol. The van der Waals surface area contributed by atoms with Gasteiger partial charge in [-0.15, -0.1) is 0 Å². The second-order valence-corrected chi connectivity index (χ2v) is 7.52. The Morgan fingerprint density at radius 2 is 1.89 bits per heavy atom. The first-order valence-electron chi connectivity index (χ1n) is 9.26. The smallest absolute Gasteiger partial charge is 0.339 e. The lowest BCUT2D eigenvalue weighted by Crippen LogP contribution is -2.52. The molecule has 1 fully saturated rings. The summed E-state index contributed by atoms with van der Waals surface area (Å²) in [4.78, 5) is 25.5. The molecule has 0 saturated heterocycles. The molecule has 2 aromatic carbocycles. The number of carbonyl (C=O) groups excluding carboxylic acids is 2. The van der Waals surface area contributed by atoms with Crippen LogP contribution >= 0.6 is 0 Å². The van der Waals surface area contributed by atoms with Crippen LogP contribution in [0.4, 0.5) is 0 Å². The number of fused-ring (bicyclic) bond motifs is 1. The van der Waals surface area contributed by atoms with Crippen molar-refractivity contribution in [1.29, 1.82) is 0 Å². The number of benzene rings is 2. The molecule has 2 unspecified atom stereocenters. The number of esters is 1. The SMILES string of the molecule is COc1ccc(C(NC(=O)C2(C)Cc3ccccc3C(=O)O2)C2CC2)cc1. The van der Waals surface area contributed by atoms with Crippen LogP contribution < -0.4 is 10.1 Å². The number of hydrogen-bond acceptors (Lipinski definition) is 4. The van der Waals surface area contributed by atoms with Crippen LogP contribution in [0.3, 0.4) is 0 Å². The lowest BCUT2D eigenvalue weighted by atomic mass is 9.88. The maximum atomic E-state index is 13.1. The second kappa shape index (κ2) is 6.72. The Morgan fingerprint density at radius 3 is 2.56 bits per heavy atom. The summed E-state index contributed by atoms with van der Waals surface area (Å²) in [5.74, 6) is 0.502. The maximum absolute atomic E-state index is 13.1. The van der Waals surface area contributed by atoms with Crippen molar-refractivity contribution < 1.29 is 19.1 Å². The lowest BCUT2D eigenvalue weighted by Gasteiger charge is -2.34. The highest BCUT2D eigenvalue weighted by atomic mass is 16.6. The molecule has 1 aliphatic carbocycles. The van der Waals surface area contributed by atoms with Gasteiger partial charge >= 0.3 is 5.97 Å². The zero-order valence-corrected chi connectivity index (χ0v) is 15.5. The van der Waals surface area contributed by atoms with Gasteiger partial charge in [-0.2, -0.15) is 0 Å². The van der Waals surface area contributed by atoms with E-state index in [0.717, 1.165) is 29.7 Å². The lowest BCUT2D eigenvalue weighted by molar-refractivity contribution is -0.140. The van der Waals surface area contributed by atoms with Gasteiger partial charge in [-0.25, -0.2) is 4.79 Å². The number of rotatable bonds is 5. The van der Waals surface area contributed by atoms with Crippen LogP contribution in [0.15, 0.2) is 48.5 Å². The molecule has 0 radical (unpaired) electrons. The van der Waals surface area contributed by atoms with E-state index >= 15 is 0 Å². The Kier molecular flexibility index (Phi) is 4.38. The predicted molar refractivity (Wildman–Crippen MR) is 101 cm³/mol. The van der Waals surface area contributed by atoms with Gasteiger partial charge in [0.15, 0.2) is 5.60 Å². The average Bonchev–Trinajstić information content (AvgIpc) is 3.51. The van der Waals surface area contributed by atoms with Gasteiger partial charge in [-0.3, -0.25) is 4.79 Å². The first-order valence-corrected chi connectivity index (χ1v) is 9.26. The largest absolute Gasteiger partial charge is 0.497 e. The van der Waals surface area contributed by atoms with Crippen molar-refractivity contribution in [3.8, 4) is 5.75 Å². The first-order chi connectivity index (χ1) is 13.0. The van der Waals surface area contributed by atoms with Crippen molar-refractivity contribution in [1.82, 2.24) is 5.32 Å². The molecule has 5 heteroatoms. The number of nitrogens with one attached hydrogen (secondary N) is 1. The molecule has 27 heavy (non-hydrogen) atoms. The number of cyclic esters (lactones) is 1. The molecule has 2 aromatic rings. The first kappa shape index (κ1) is 17.6. The number of carbonyl (C=O) groups is 2. The summed E-state index contributed by atoms with van der Waals surface area (Å²) in [6, 6.07) is 15.0. The van der Waals surface area contributed by atoms with Crippen molar-refractivity contribution in [3.05, 3.63) is 65.2 Å². The van der Waals surface area contributed by atoms with Gasteiger partial charge in [0.05, 0.1) is 18.7 Å². The van der Waals surface area contributed by atoms with Crippen LogP contribution in [-0.2, 0) is 16.0 Å². The molecule has 2 atom stereocenters. The van der Waals surface area contributed by atoms with Crippen LogP contribution in [0.25, 0.3) is 0 Å². The molecule has 1 aliphatic heterocycles. The van der Waals surface area contributed by atoms with Crippen molar-refractivity contribution in [3.63, 3.8) is 0 Å². The van der Waals surface area contributed by atoms with E-state index in [4.69, 9.17) is 9.47 Å². The second-order valence-electron chi connectivity index (χ2n) is 7.52. The van der Waals surface area contributed by atoms with Crippen LogP contribution in [-0.4, -0.2) is 24.6 Å². The highest BCUT2D eigenvalue weighted by molar-refractivity contribution is 5.97. The standard InChI is InChI=1S/C22H23NO4/c1-22(13-16-5-3-4-6-18(16)20(24)27-22)21(25)23-19(14-7-8-14)15-9-11-17(26-2)12-10-15/h3-6,9-12,14,19H,7-8,13H2,1-2H3,(H,23,25). The molecule has 1 heterocycles. The number of hydrogen-bond donors (Lipinski definition) is 1. The fourth-order valence-corrected chi connectivity index (χ4v) is 3.67. The highest BCUT2D eigenvalue weighted by Gasteiger charge is 2.44. The topological polar surface area (TPSA) is 64.6 Å². The molecule has 1 amide bonds. The van der Waals surface area contributed by atoms with Crippen molar-refractivity contribution in [2.75, 3.05) is 7.11 Å². The minimum atomic E-state index is -1.20. The summed E-state index contributed by atoms with van der Waals surface area (Å²) < 4.78 is 10.8. The van der Waals surface area contributed by atoms with E-state index in [2.05, 4.69) is 5.32 Å². The summed E-state index contributed by atoms with van der Waals surface area (Å²) in [5.41, 5.74) is 1.22. The predicted octanol–water partition coefficient (Wildman–Crippen LogP) is 3.43. The Labute approximate surface area is 158 Å². The molecule has 0 bridgehead atoms. The van der Waals surface area contributed by atoms with Crippen LogP contribution in [0.5, 0.6) is 5.75 Å². The maximum Gasteiger partial charge on any atom is 0.339 e. The fraction of sp³-hybridized carbons (Fsp3) is 0.364. The monoisotopic (exact) mass is 365 g/mol. The molecule has 1 saturated carbocycles. The summed E-state index contributed by atoms with van der Waals surface area (Å²) in [6.07, 6.45) is 2.54. The van der Waals surface area contributed by atoms with Gasteiger partial charge in [-0.05, 0) is 55.0 Å². The molecule has 1 N–H and O–H groups in total. The van der Waals surface area contributed by atoms with Crippen molar-refractivity contribution in [2.24, 2.45) is 5.92 Å². The van der Waals surface area contributed by atoms with Gasteiger partial charge in [0.2, 0.25) is 0 Å². The average molecular weight is 365 g/mol. The minimum absolute atomic E-state index is 0.0869. The molecule has 5 nitrogen and oxygen atoms in total. The van der Waals surface area contributed by atoms with Gasteiger partial charge in [0, 0.05) is 6.42 Å². The van der Waals surface area contributed by atoms with Crippen LogP contribution in [0.1, 0.15) is 47.3 Å². The third-order valence-corrected chi connectivity index (χ3v) is 5.42. The van der Waals surface area contributed by atoms with E-state index in [1.54, 1.807) is 26.2 Å². The third-order valence-electron chi connectivity index (χ3n) is 5.42. The van der Waals surface area contributed by atoms with E-state index in [1.807, 2.05) is 36.4 Å². The molecule has 2 aliphatic rings. The number of methoxy groups -OCH3 is 1. The normalized spacial score (nSPS) is 22.4. The molecule has 0 spiro atoms. The summed E-state index contributed by atoms with van der Waals surface area (Å²) >= 11 is 0. The van der Waals surface area contributed by atoms with Crippen molar-refractivity contribution >= 4 is 11.9 Å². The van der Waals surface area contributed by atoms with E-state index in [1.165, 1.54) is 0 Å². The molecule has 4 rings (SSSR count). The summed E-state index contributed by atoms with van der Waals surface area (Å²) in [6.45, 7) is 1.69. The summed E-state index contributed by atoms with van der Waals surface area (Å²) in [7, 11) is 1.63. The quantitative estimate of drug-likeness (QED) is 0.825. The van der Waals surface area contributed by atoms with Gasteiger partial charge in [0.1, 0.15) is 5.75 Å². The fourth-order valence-electron chi connectivity index (χ4n) is 3.67. The van der Waals surface area contributed by atoms with E-state index in [9.17, 15) is 9.59 Å².